The molecule has 0 heterocycles. The van der Waals surface area contributed by atoms with E-state index < -0.39 is 0 Å². The number of hydrogen-bond acceptors (Lipinski definition) is 4. The molecule has 1 saturated carbocycles. The van der Waals surface area contributed by atoms with E-state index in [2.05, 4.69) is 0 Å². The number of ether oxygens (including phenoxy) is 2. The zero-order valence-electron chi connectivity index (χ0n) is 12.1. The van der Waals surface area contributed by atoms with Crippen molar-refractivity contribution in [3.05, 3.63) is 23.8 Å². The fourth-order valence-electron chi connectivity index (χ4n) is 2.23. The molecule has 0 saturated heterocycles. The fraction of sp³-hybridized carbons (Fsp3) is 0.533. The van der Waals surface area contributed by atoms with Gasteiger partial charge < -0.3 is 20.1 Å². The third kappa shape index (κ3) is 3.22. The summed E-state index contributed by atoms with van der Waals surface area (Å²) in [6, 6.07) is 5.66. The lowest BCUT2D eigenvalue weighted by Crippen LogP contribution is -2.34. The van der Waals surface area contributed by atoms with Gasteiger partial charge in [0.25, 0.3) is 5.91 Å². The van der Waals surface area contributed by atoms with Gasteiger partial charge in [0.15, 0.2) is 11.5 Å². The Bertz CT molecular complexity index is 472. The molecule has 1 aliphatic carbocycles. The van der Waals surface area contributed by atoms with Crippen LogP contribution in [0.4, 0.5) is 0 Å². The van der Waals surface area contributed by atoms with Crippen molar-refractivity contribution in [3.63, 3.8) is 0 Å². The Morgan fingerprint density at radius 3 is 2.55 bits per heavy atom. The molecule has 2 N–H and O–H groups in total. The van der Waals surface area contributed by atoms with Crippen molar-refractivity contribution in [2.75, 3.05) is 27.3 Å². The third-order valence-electron chi connectivity index (χ3n) is 3.48. The standard InChI is InChI=1S/C15H22N2O3/c1-19-13-7-4-11(10-14(13)20-2)15(18)17(9-3-8-16)12-5-6-12/h4,7,10,12H,3,5-6,8-9,16H2,1-2H3. The fourth-order valence-corrected chi connectivity index (χ4v) is 2.23. The molecule has 5 nitrogen and oxygen atoms in total. The molecule has 0 unspecified atom stereocenters. The van der Waals surface area contributed by atoms with Crippen molar-refractivity contribution >= 4 is 5.91 Å². The van der Waals surface area contributed by atoms with Gasteiger partial charge in [0.1, 0.15) is 0 Å². The Kier molecular flexibility index (Phi) is 4.84. The van der Waals surface area contributed by atoms with Gasteiger partial charge in [0, 0.05) is 18.2 Å². The Labute approximate surface area is 119 Å². The molecule has 0 bridgehead atoms. The minimum absolute atomic E-state index is 0.0434. The summed E-state index contributed by atoms with van der Waals surface area (Å²) in [6.07, 6.45) is 3.00. The summed E-state index contributed by atoms with van der Waals surface area (Å²) in [7, 11) is 3.15. The molecule has 1 aromatic rings. The maximum Gasteiger partial charge on any atom is 0.254 e. The van der Waals surface area contributed by atoms with Crippen molar-refractivity contribution in [3.8, 4) is 11.5 Å². The van der Waals surface area contributed by atoms with E-state index in [-0.39, 0.29) is 5.91 Å². The number of methoxy groups -OCH3 is 2. The molecular formula is C15H22N2O3. The molecule has 1 amide bonds. The SMILES string of the molecule is COc1ccc(C(=O)N(CCCN)C2CC2)cc1OC. The van der Waals surface area contributed by atoms with E-state index >= 15 is 0 Å². The van der Waals surface area contributed by atoms with Crippen LogP contribution >= 0.6 is 0 Å². The van der Waals surface area contributed by atoms with Gasteiger partial charge >= 0.3 is 0 Å². The van der Waals surface area contributed by atoms with E-state index in [1.807, 2.05) is 4.90 Å². The van der Waals surface area contributed by atoms with Crippen molar-refractivity contribution < 1.29 is 14.3 Å². The van der Waals surface area contributed by atoms with Crippen LogP contribution in [-0.2, 0) is 0 Å². The Balaban J connectivity index is 2.17. The molecule has 1 aliphatic rings. The average Bonchev–Trinajstić information content (AvgIpc) is 3.31. The molecular weight excluding hydrogens is 256 g/mol. The summed E-state index contributed by atoms with van der Waals surface area (Å²) in [5.41, 5.74) is 6.18. The molecule has 1 aromatic carbocycles. The summed E-state index contributed by atoms with van der Waals surface area (Å²) in [6.45, 7) is 1.32. The smallest absolute Gasteiger partial charge is 0.254 e. The Morgan fingerprint density at radius 2 is 2.00 bits per heavy atom. The molecule has 2 rings (SSSR count). The first kappa shape index (κ1) is 14.7. The number of carbonyl (C=O) groups excluding carboxylic acids is 1. The summed E-state index contributed by atoms with van der Waals surface area (Å²) < 4.78 is 10.4. The molecule has 20 heavy (non-hydrogen) atoms. The minimum Gasteiger partial charge on any atom is -0.493 e. The van der Waals surface area contributed by atoms with Crippen LogP contribution in [-0.4, -0.2) is 44.2 Å². The van der Waals surface area contributed by atoms with Gasteiger partial charge in [-0.1, -0.05) is 0 Å². The average molecular weight is 278 g/mol. The zero-order valence-corrected chi connectivity index (χ0v) is 12.1. The van der Waals surface area contributed by atoms with Crippen molar-refractivity contribution in [2.24, 2.45) is 5.73 Å². The number of nitrogens with two attached hydrogens (primary N) is 1. The number of amides is 1. The van der Waals surface area contributed by atoms with E-state index in [9.17, 15) is 4.79 Å². The highest BCUT2D eigenvalue weighted by Gasteiger charge is 2.32. The van der Waals surface area contributed by atoms with Gasteiger partial charge in [-0.3, -0.25) is 4.79 Å². The maximum atomic E-state index is 12.6. The first-order chi connectivity index (χ1) is 9.71. The van der Waals surface area contributed by atoms with Gasteiger partial charge in [0.2, 0.25) is 0 Å². The molecule has 0 atom stereocenters. The van der Waals surface area contributed by atoms with E-state index in [1.165, 1.54) is 0 Å². The third-order valence-corrected chi connectivity index (χ3v) is 3.48. The van der Waals surface area contributed by atoms with E-state index in [0.29, 0.717) is 36.2 Å². The van der Waals surface area contributed by atoms with Gasteiger partial charge in [-0.2, -0.15) is 0 Å². The van der Waals surface area contributed by atoms with Crippen LogP contribution in [0, 0.1) is 0 Å². The Morgan fingerprint density at radius 1 is 1.30 bits per heavy atom. The summed E-state index contributed by atoms with van der Waals surface area (Å²) in [4.78, 5) is 14.5. The maximum absolute atomic E-state index is 12.6. The van der Waals surface area contributed by atoms with Crippen LogP contribution in [0.25, 0.3) is 0 Å². The number of carbonyl (C=O) groups is 1. The molecule has 110 valence electrons. The molecule has 0 spiro atoms. The van der Waals surface area contributed by atoms with Crippen molar-refractivity contribution in [2.45, 2.75) is 25.3 Å². The van der Waals surface area contributed by atoms with Crippen LogP contribution < -0.4 is 15.2 Å². The quantitative estimate of drug-likeness (QED) is 0.824. The molecule has 5 heteroatoms. The minimum atomic E-state index is 0.0434. The topological polar surface area (TPSA) is 64.8 Å². The predicted octanol–water partition coefficient (Wildman–Crippen LogP) is 1.66. The Hall–Kier alpha value is -1.75. The van der Waals surface area contributed by atoms with Gasteiger partial charge in [-0.05, 0) is 44.0 Å². The highest BCUT2D eigenvalue weighted by atomic mass is 16.5. The lowest BCUT2D eigenvalue weighted by atomic mass is 10.1. The molecule has 0 radical (unpaired) electrons. The normalized spacial score (nSPS) is 13.9. The van der Waals surface area contributed by atoms with E-state index in [0.717, 1.165) is 19.3 Å². The summed E-state index contributed by atoms with van der Waals surface area (Å²) >= 11 is 0. The zero-order chi connectivity index (χ0) is 14.5. The van der Waals surface area contributed by atoms with Crippen LogP contribution in [0.15, 0.2) is 18.2 Å². The number of rotatable bonds is 7. The van der Waals surface area contributed by atoms with Crippen molar-refractivity contribution in [1.29, 1.82) is 0 Å². The largest absolute Gasteiger partial charge is 0.493 e. The highest BCUT2D eigenvalue weighted by molar-refractivity contribution is 5.95. The van der Waals surface area contributed by atoms with Crippen molar-refractivity contribution in [1.82, 2.24) is 4.90 Å². The van der Waals surface area contributed by atoms with E-state index in [4.69, 9.17) is 15.2 Å². The second kappa shape index (κ2) is 6.61. The molecule has 0 aromatic heterocycles. The second-order valence-electron chi connectivity index (χ2n) is 4.94. The number of hydrogen-bond donors (Lipinski definition) is 1. The van der Waals surface area contributed by atoms with Crippen LogP contribution in [0.5, 0.6) is 11.5 Å². The predicted molar refractivity (Wildman–Crippen MR) is 77.3 cm³/mol. The van der Waals surface area contributed by atoms with Gasteiger partial charge in [0.05, 0.1) is 14.2 Å². The first-order valence-corrected chi connectivity index (χ1v) is 6.94. The first-order valence-electron chi connectivity index (χ1n) is 6.94. The summed E-state index contributed by atoms with van der Waals surface area (Å²) in [5.74, 6) is 1.25. The van der Waals surface area contributed by atoms with Crippen LogP contribution in [0.3, 0.4) is 0 Å². The van der Waals surface area contributed by atoms with E-state index in [1.54, 1.807) is 32.4 Å². The molecule has 1 fully saturated rings. The van der Waals surface area contributed by atoms with Gasteiger partial charge in [-0.15, -0.1) is 0 Å². The number of benzene rings is 1. The summed E-state index contributed by atoms with van der Waals surface area (Å²) in [5, 5.41) is 0. The van der Waals surface area contributed by atoms with Crippen LogP contribution in [0.1, 0.15) is 29.6 Å². The number of nitrogens with zero attached hydrogens (tertiary/aromatic N) is 1. The van der Waals surface area contributed by atoms with Gasteiger partial charge in [-0.25, -0.2) is 0 Å². The second-order valence-corrected chi connectivity index (χ2v) is 4.94. The molecule has 0 aliphatic heterocycles. The monoisotopic (exact) mass is 278 g/mol. The van der Waals surface area contributed by atoms with Crippen LogP contribution in [0.2, 0.25) is 0 Å². The lowest BCUT2D eigenvalue weighted by Gasteiger charge is -2.22. The highest BCUT2D eigenvalue weighted by Crippen LogP contribution is 2.31. The lowest BCUT2D eigenvalue weighted by molar-refractivity contribution is 0.0741.